The lowest BCUT2D eigenvalue weighted by molar-refractivity contribution is 0.955. The van der Waals surface area contributed by atoms with Crippen LogP contribution in [0.3, 0.4) is 0 Å². The second kappa shape index (κ2) is 13.7. The number of imidazole rings is 1. The third kappa shape index (κ3) is 5.41. The molecule has 0 amide bonds. The Morgan fingerprint density at radius 1 is 0.400 bits per heavy atom. The summed E-state index contributed by atoms with van der Waals surface area (Å²) in [6.45, 7) is 0. The van der Waals surface area contributed by atoms with Crippen LogP contribution in [0.25, 0.3) is 111 Å². The Bertz CT molecular complexity index is 3520. The number of nitrogens with zero attached hydrogens (tertiary/aromatic N) is 7. The zero-order valence-electron chi connectivity index (χ0n) is 32.2. The molecular formula is C53H33N7. The van der Waals surface area contributed by atoms with E-state index in [0.717, 1.165) is 83.1 Å². The first kappa shape index (κ1) is 33.8. The summed E-state index contributed by atoms with van der Waals surface area (Å²) in [4.78, 5) is 25.2. The first-order valence-corrected chi connectivity index (χ1v) is 20.0. The average molecular weight is 768 g/mol. The lowest BCUT2D eigenvalue weighted by Gasteiger charge is -2.14. The molecule has 4 heterocycles. The number of pyridine rings is 1. The molecule has 0 atom stereocenters. The van der Waals surface area contributed by atoms with Crippen LogP contribution >= 0.6 is 0 Å². The van der Waals surface area contributed by atoms with Crippen molar-refractivity contribution in [3.8, 4) is 57.1 Å². The first-order chi connectivity index (χ1) is 29.8. The first-order valence-electron chi connectivity index (χ1n) is 20.0. The van der Waals surface area contributed by atoms with E-state index < -0.39 is 0 Å². The highest BCUT2D eigenvalue weighted by Crippen LogP contribution is 2.44. The van der Waals surface area contributed by atoms with Gasteiger partial charge in [-0.25, -0.2) is 9.97 Å². The van der Waals surface area contributed by atoms with Gasteiger partial charge in [0, 0.05) is 39.2 Å². The van der Waals surface area contributed by atoms with E-state index in [0.29, 0.717) is 17.6 Å². The smallest absolute Gasteiger partial charge is 0.238 e. The molecule has 280 valence electrons. The van der Waals surface area contributed by atoms with Gasteiger partial charge in [-0.3, -0.25) is 14.1 Å². The van der Waals surface area contributed by atoms with E-state index in [1.54, 1.807) is 0 Å². The Morgan fingerprint density at radius 2 is 1.05 bits per heavy atom. The summed E-state index contributed by atoms with van der Waals surface area (Å²) in [5.74, 6) is 2.61. The third-order valence-corrected chi connectivity index (χ3v) is 11.4. The van der Waals surface area contributed by atoms with E-state index in [4.69, 9.17) is 19.9 Å². The van der Waals surface area contributed by atoms with Gasteiger partial charge in [-0.1, -0.05) is 146 Å². The van der Waals surface area contributed by atoms with E-state index in [1.807, 2.05) is 66.9 Å². The molecule has 0 aliphatic rings. The molecule has 12 aromatic rings. The molecule has 0 fully saturated rings. The molecular weight excluding hydrogens is 735 g/mol. The highest BCUT2D eigenvalue weighted by molar-refractivity contribution is 6.27. The normalized spacial score (nSPS) is 11.7. The van der Waals surface area contributed by atoms with Crippen LogP contribution in [-0.4, -0.2) is 34.1 Å². The summed E-state index contributed by atoms with van der Waals surface area (Å²) in [5.41, 5.74) is 9.97. The van der Waals surface area contributed by atoms with E-state index in [1.165, 1.54) is 10.8 Å². The predicted molar refractivity (Wildman–Crippen MR) is 243 cm³/mol. The second-order valence-corrected chi connectivity index (χ2v) is 14.9. The molecule has 0 saturated carbocycles. The van der Waals surface area contributed by atoms with Crippen molar-refractivity contribution in [1.29, 1.82) is 0 Å². The Kier molecular flexibility index (Phi) is 7.71. The van der Waals surface area contributed by atoms with Crippen LogP contribution < -0.4 is 0 Å². The largest absolute Gasteiger partial charge is 0.291 e. The maximum atomic E-state index is 5.25. The number of rotatable bonds is 6. The molecule has 8 aromatic carbocycles. The van der Waals surface area contributed by atoms with E-state index in [9.17, 15) is 0 Å². The van der Waals surface area contributed by atoms with Gasteiger partial charge >= 0.3 is 0 Å². The molecule has 0 spiro atoms. The van der Waals surface area contributed by atoms with Crippen molar-refractivity contribution in [3.63, 3.8) is 0 Å². The van der Waals surface area contributed by atoms with Gasteiger partial charge in [-0.2, -0.15) is 9.97 Å². The zero-order chi connectivity index (χ0) is 39.6. The van der Waals surface area contributed by atoms with Gasteiger partial charge in [-0.05, 0) is 75.8 Å². The van der Waals surface area contributed by atoms with Gasteiger partial charge in [0.2, 0.25) is 5.95 Å². The summed E-state index contributed by atoms with van der Waals surface area (Å²) in [6, 6.07) is 67.4. The van der Waals surface area contributed by atoms with Crippen molar-refractivity contribution in [1.82, 2.24) is 34.1 Å². The minimum Gasteiger partial charge on any atom is -0.291 e. The van der Waals surface area contributed by atoms with Crippen molar-refractivity contribution in [3.05, 3.63) is 200 Å². The highest BCUT2D eigenvalue weighted by Gasteiger charge is 2.23. The molecule has 12 rings (SSSR count). The topological polar surface area (TPSA) is 74.3 Å². The molecule has 4 aromatic heterocycles. The summed E-state index contributed by atoms with van der Waals surface area (Å²) in [5, 5.41) is 6.86. The van der Waals surface area contributed by atoms with Crippen molar-refractivity contribution in [2.75, 3.05) is 0 Å². The molecule has 0 N–H and O–H groups in total. The standard InChI is InChI=1S/C53H33N7/c1-3-16-36(17-4-1)50-56-51(37-18-5-2-6-19-37)58-53(57-50)60-47-31-28-34-15-7-8-20-39(34)48(47)43-33-42(40-21-9-10-22-41(40)49(43)60)35-26-29-38(30-27-35)59-46-25-12-11-23-44(46)55-52(59)45-24-13-14-32-54-45/h1-33H. The quantitative estimate of drug-likeness (QED) is 0.168. The van der Waals surface area contributed by atoms with Gasteiger partial charge in [-0.15, -0.1) is 0 Å². The maximum absolute atomic E-state index is 5.25. The zero-order valence-corrected chi connectivity index (χ0v) is 32.2. The number of hydrogen-bond acceptors (Lipinski definition) is 5. The Hall–Kier alpha value is -8.29. The molecule has 0 saturated heterocycles. The summed E-state index contributed by atoms with van der Waals surface area (Å²) < 4.78 is 4.45. The fourth-order valence-electron chi connectivity index (χ4n) is 8.73. The fourth-order valence-corrected chi connectivity index (χ4v) is 8.73. The van der Waals surface area contributed by atoms with Crippen LogP contribution in [0.1, 0.15) is 0 Å². The van der Waals surface area contributed by atoms with Crippen molar-refractivity contribution in [2.24, 2.45) is 0 Å². The van der Waals surface area contributed by atoms with Crippen LogP contribution in [0, 0.1) is 0 Å². The molecule has 0 unspecified atom stereocenters. The third-order valence-electron chi connectivity index (χ3n) is 11.4. The minimum absolute atomic E-state index is 0.566. The second-order valence-electron chi connectivity index (χ2n) is 14.9. The van der Waals surface area contributed by atoms with Gasteiger partial charge in [0.1, 0.15) is 5.69 Å². The van der Waals surface area contributed by atoms with Crippen molar-refractivity contribution >= 4 is 54.4 Å². The number of fused-ring (bicyclic) bond motifs is 8. The molecule has 7 nitrogen and oxygen atoms in total. The molecule has 60 heavy (non-hydrogen) atoms. The van der Waals surface area contributed by atoms with Gasteiger partial charge in [0.15, 0.2) is 17.5 Å². The van der Waals surface area contributed by atoms with Crippen LogP contribution in [0.4, 0.5) is 0 Å². The lowest BCUT2D eigenvalue weighted by Crippen LogP contribution is -2.06. The van der Waals surface area contributed by atoms with Gasteiger partial charge < -0.3 is 0 Å². The van der Waals surface area contributed by atoms with Crippen molar-refractivity contribution < 1.29 is 0 Å². The maximum Gasteiger partial charge on any atom is 0.238 e. The Labute approximate surface area is 344 Å². The summed E-state index contributed by atoms with van der Waals surface area (Å²) in [6.07, 6.45) is 1.81. The summed E-state index contributed by atoms with van der Waals surface area (Å²) in [7, 11) is 0. The number of hydrogen-bond donors (Lipinski definition) is 0. The van der Waals surface area contributed by atoms with E-state index >= 15 is 0 Å². The Balaban J connectivity index is 1.12. The van der Waals surface area contributed by atoms with Crippen molar-refractivity contribution in [2.45, 2.75) is 0 Å². The van der Waals surface area contributed by atoms with Gasteiger partial charge in [0.25, 0.3) is 0 Å². The molecule has 0 radical (unpaired) electrons. The fraction of sp³-hybridized carbons (Fsp3) is 0. The van der Waals surface area contributed by atoms with Gasteiger partial charge in [0.05, 0.1) is 22.1 Å². The predicted octanol–water partition coefficient (Wildman–Crippen LogP) is 12.7. The number of benzene rings is 8. The Morgan fingerprint density at radius 3 is 1.78 bits per heavy atom. The van der Waals surface area contributed by atoms with Crippen LogP contribution in [-0.2, 0) is 0 Å². The number of para-hydroxylation sites is 2. The number of aromatic nitrogens is 7. The molecule has 7 heteroatoms. The van der Waals surface area contributed by atoms with Crippen LogP contribution in [0.5, 0.6) is 0 Å². The van der Waals surface area contributed by atoms with Crippen LogP contribution in [0.15, 0.2) is 200 Å². The van der Waals surface area contributed by atoms with E-state index in [-0.39, 0.29) is 0 Å². The molecule has 0 aliphatic carbocycles. The molecule has 0 bridgehead atoms. The summed E-state index contributed by atoms with van der Waals surface area (Å²) >= 11 is 0. The van der Waals surface area contributed by atoms with Crippen LogP contribution in [0.2, 0.25) is 0 Å². The SMILES string of the molecule is c1ccc(-c2nc(-c3ccccc3)nc(-n3c4ccc5ccccc5c4c4cc(-c5ccc(-n6c(-c7ccccn7)nc7ccccc76)cc5)c5ccccc5c43)n2)cc1. The minimum atomic E-state index is 0.566. The highest BCUT2D eigenvalue weighted by atomic mass is 15.2. The van der Waals surface area contributed by atoms with E-state index in [2.05, 4.69) is 148 Å². The lowest BCUT2D eigenvalue weighted by atomic mass is 9.94. The monoisotopic (exact) mass is 767 g/mol. The molecule has 0 aliphatic heterocycles. The average Bonchev–Trinajstić information content (AvgIpc) is 3.89.